The molecule has 0 aliphatic rings. The zero-order valence-electron chi connectivity index (χ0n) is 14.1. The van der Waals surface area contributed by atoms with Crippen LogP contribution in [-0.4, -0.2) is 30.8 Å². The van der Waals surface area contributed by atoms with Crippen molar-refractivity contribution in [1.29, 1.82) is 0 Å². The third-order valence-electron chi connectivity index (χ3n) is 3.78. The van der Waals surface area contributed by atoms with E-state index in [9.17, 15) is 18.4 Å². The maximum absolute atomic E-state index is 13.2. The SMILES string of the molecule is NCC(F)(F)CNC(=O)CC(NC(=O)c1ccccc1)c1ccccc1. The molecule has 0 heterocycles. The summed E-state index contributed by atoms with van der Waals surface area (Å²) in [5.74, 6) is -4.11. The first kappa shape index (κ1) is 19.5. The molecule has 1 atom stereocenters. The van der Waals surface area contributed by atoms with Crippen LogP contribution in [0.2, 0.25) is 0 Å². The van der Waals surface area contributed by atoms with E-state index in [-0.39, 0.29) is 12.3 Å². The molecular formula is C19H21F2N3O2. The first-order chi connectivity index (χ1) is 12.4. The molecule has 0 bridgehead atoms. The van der Waals surface area contributed by atoms with Gasteiger partial charge in [-0.05, 0) is 17.7 Å². The average molecular weight is 361 g/mol. The highest BCUT2D eigenvalue weighted by molar-refractivity contribution is 5.94. The minimum absolute atomic E-state index is 0.163. The van der Waals surface area contributed by atoms with Gasteiger partial charge in [0.2, 0.25) is 5.91 Å². The van der Waals surface area contributed by atoms with E-state index in [0.29, 0.717) is 11.1 Å². The molecule has 0 aliphatic carbocycles. The molecule has 0 spiro atoms. The lowest BCUT2D eigenvalue weighted by Gasteiger charge is -2.20. The molecule has 0 aromatic heterocycles. The Morgan fingerprint density at radius 1 is 1.00 bits per heavy atom. The van der Waals surface area contributed by atoms with Crippen molar-refractivity contribution in [3.63, 3.8) is 0 Å². The molecule has 4 N–H and O–H groups in total. The van der Waals surface area contributed by atoms with Gasteiger partial charge < -0.3 is 16.4 Å². The van der Waals surface area contributed by atoms with Crippen LogP contribution in [0.4, 0.5) is 8.78 Å². The highest BCUT2D eigenvalue weighted by atomic mass is 19.3. The van der Waals surface area contributed by atoms with Crippen LogP contribution in [0.3, 0.4) is 0 Å². The number of hydrogen-bond acceptors (Lipinski definition) is 3. The Morgan fingerprint density at radius 3 is 2.15 bits per heavy atom. The van der Waals surface area contributed by atoms with Gasteiger partial charge >= 0.3 is 0 Å². The van der Waals surface area contributed by atoms with E-state index in [0.717, 1.165) is 0 Å². The van der Waals surface area contributed by atoms with Gasteiger partial charge in [-0.25, -0.2) is 8.78 Å². The summed E-state index contributed by atoms with van der Waals surface area (Å²) in [7, 11) is 0. The number of halogens is 2. The van der Waals surface area contributed by atoms with Gasteiger partial charge in [-0.3, -0.25) is 9.59 Å². The van der Waals surface area contributed by atoms with Crippen LogP contribution in [-0.2, 0) is 4.79 Å². The van der Waals surface area contributed by atoms with E-state index >= 15 is 0 Å². The summed E-state index contributed by atoms with van der Waals surface area (Å²) >= 11 is 0. The number of carbonyl (C=O) groups excluding carboxylic acids is 2. The summed E-state index contributed by atoms with van der Waals surface area (Å²) < 4.78 is 26.4. The zero-order chi connectivity index (χ0) is 19.0. The van der Waals surface area contributed by atoms with Crippen molar-refractivity contribution in [2.75, 3.05) is 13.1 Å². The molecule has 5 nitrogen and oxygen atoms in total. The van der Waals surface area contributed by atoms with Crippen molar-refractivity contribution >= 4 is 11.8 Å². The molecule has 2 rings (SSSR count). The zero-order valence-corrected chi connectivity index (χ0v) is 14.1. The molecule has 26 heavy (non-hydrogen) atoms. The number of carbonyl (C=O) groups is 2. The van der Waals surface area contributed by atoms with E-state index in [1.54, 1.807) is 60.7 Å². The first-order valence-electron chi connectivity index (χ1n) is 8.17. The minimum Gasteiger partial charge on any atom is -0.350 e. The van der Waals surface area contributed by atoms with Crippen LogP contribution in [0.1, 0.15) is 28.4 Å². The van der Waals surface area contributed by atoms with Gasteiger partial charge in [0.15, 0.2) is 0 Å². The van der Waals surface area contributed by atoms with Gasteiger partial charge in [-0.2, -0.15) is 0 Å². The fourth-order valence-corrected chi connectivity index (χ4v) is 2.33. The van der Waals surface area contributed by atoms with E-state index in [1.807, 2.05) is 0 Å². The van der Waals surface area contributed by atoms with Crippen LogP contribution in [0.25, 0.3) is 0 Å². The quantitative estimate of drug-likeness (QED) is 0.674. The van der Waals surface area contributed by atoms with Gasteiger partial charge in [-0.1, -0.05) is 48.5 Å². The maximum Gasteiger partial charge on any atom is 0.277 e. The van der Waals surface area contributed by atoms with E-state index in [2.05, 4.69) is 10.6 Å². The number of rotatable bonds is 8. The molecule has 2 aromatic carbocycles. The Balaban J connectivity index is 2.07. The molecule has 138 valence electrons. The van der Waals surface area contributed by atoms with E-state index in [4.69, 9.17) is 5.73 Å². The van der Waals surface area contributed by atoms with Gasteiger partial charge in [0, 0.05) is 5.56 Å². The van der Waals surface area contributed by atoms with Crippen molar-refractivity contribution in [3.05, 3.63) is 71.8 Å². The topological polar surface area (TPSA) is 84.2 Å². The van der Waals surface area contributed by atoms with Gasteiger partial charge in [0.1, 0.15) is 0 Å². The largest absolute Gasteiger partial charge is 0.350 e. The Hall–Kier alpha value is -2.80. The molecule has 0 radical (unpaired) electrons. The highest BCUT2D eigenvalue weighted by Crippen LogP contribution is 2.18. The molecular weight excluding hydrogens is 340 g/mol. The fourth-order valence-electron chi connectivity index (χ4n) is 2.33. The summed E-state index contributed by atoms with van der Waals surface area (Å²) in [6.45, 7) is -1.68. The Morgan fingerprint density at radius 2 is 1.58 bits per heavy atom. The fraction of sp³-hybridized carbons (Fsp3) is 0.263. The van der Waals surface area contributed by atoms with Gasteiger partial charge in [-0.15, -0.1) is 0 Å². The van der Waals surface area contributed by atoms with Crippen LogP contribution in [0.15, 0.2) is 60.7 Å². The molecule has 0 saturated heterocycles. The summed E-state index contributed by atoms with van der Waals surface area (Å²) in [5, 5.41) is 4.95. The molecule has 0 aliphatic heterocycles. The highest BCUT2D eigenvalue weighted by Gasteiger charge is 2.28. The Kier molecular flexibility index (Phi) is 6.80. The van der Waals surface area contributed by atoms with Gasteiger partial charge in [0.25, 0.3) is 11.8 Å². The number of amides is 2. The van der Waals surface area contributed by atoms with Crippen LogP contribution < -0.4 is 16.4 Å². The standard InChI is InChI=1S/C19H21F2N3O2/c20-19(21,12-22)13-23-17(25)11-16(14-7-3-1-4-8-14)24-18(26)15-9-5-2-6-10-15/h1-10,16H,11-13,22H2,(H,23,25)(H,24,26). The minimum atomic E-state index is -3.16. The smallest absolute Gasteiger partial charge is 0.277 e. The molecule has 7 heteroatoms. The lowest BCUT2D eigenvalue weighted by atomic mass is 10.0. The number of nitrogens with one attached hydrogen (secondary N) is 2. The summed E-state index contributed by atoms with van der Waals surface area (Å²) in [6, 6.07) is 16.8. The van der Waals surface area contributed by atoms with Crippen molar-refractivity contribution in [2.24, 2.45) is 5.73 Å². The average Bonchev–Trinajstić information content (AvgIpc) is 2.67. The molecule has 2 aromatic rings. The van der Waals surface area contributed by atoms with E-state index < -0.39 is 31.0 Å². The van der Waals surface area contributed by atoms with E-state index in [1.165, 1.54) is 0 Å². The molecule has 2 amide bonds. The number of benzene rings is 2. The van der Waals surface area contributed by atoms with Crippen molar-refractivity contribution < 1.29 is 18.4 Å². The number of hydrogen-bond donors (Lipinski definition) is 3. The predicted molar refractivity (Wildman–Crippen MR) is 94.7 cm³/mol. The summed E-state index contributed by atoms with van der Waals surface area (Å²) in [5.41, 5.74) is 6.11. The normalized spacial score (nSPS) is 12.3. The first-order valence-corrected chi connectivity index (χ1v) is 8.17. The van der Waals surface area contributed by atoms with Crippen molar-refractivity contribution in [1.82, 2.24) is 10.6 Å². The van der Waals surface area contributed by atoms with Crippen LogP contribution in [0, 0.1) is 0 Å². The van der Waals surface area contributed by atoms with Crippen LogP contribution in [0.5, 0.6) is 0 Å². The maximum atomic E-state index is 13.2. The second-order valence-corrected chi connectivity index (χ2v) is 5.84. The lowest BCUT2D eigenvalue weighted by Crippen LogP contribution is -2.42. The number of nitrogens with two attached hydrogens (primary N) is 1. The monoisotopic (exact) mass is 361 g/mol. The van der Waals surface area contributed by atoms with Crippen molar-refractivity contribution in [3.8, 4) is 0 Å². The van der Waals surface area contributed by atoms with Crippen LogP contribution >= 0.6 is 0 Å². The lowest BCUT2D eigenvalue weighted by molar-refractivity contribution is -0.123. The second kappa shape index (κ2) is 9.05. The number of alkyl halides is 2. The van der Waals surface area contributed by atoms with Crippen molar-refractivity contribution in [2.45, 2.75) is 18.4 Å². The molecule has 0 fully saturated rings. The summed E-state index contributed by atoms with van der Waals surface area (Å²) in [6.07, 6.45) is -0.163. The van der Waals surface area contributed by atoms with Gasteiger partial charge in [0.05, 0.1) is 25.6 Å². The third-order valence-corrected chi connectivity index (χ3v) is 3.78. The second-order valence-electron chi connectivity index (χ2n) is 5.84. The Labute approximate surface area is 150 Å². The summed E-state index contributed by atoms with van der Waals surface area (Å²) in [4.78, 5) is 24.5. The predicted octanol–water partition coefficient (Wildman–Crippen LogP) is 2.26. The Bertz CT molecular complexity index is 724. The third kappa shape index (κ3) is 5.93. The molecule has 1 unspecified atom stereocenters. The molecule has 0 saturated carbocycles.